The smallest absolute Gasteiger partial charge is 0.313 e. The van der Waals surface area contributed by atoms with E-state index in [0.717, 1.165) is 17.5 Å². The molecule has 1 aliphatic rings. The van der Waals surface area contributed by atoms with Crippen molar-refractivity contribution in [3.8, 4) is 5.75 Å². The lowest BCUT2D eigenvalue weighted by molar-refractivity contribution is -0.137. The lowest BCUT2D eigenvalue weighted by Gasteiger charge is -2.20. The molecule has 2 rings (SSSR count). The average molecular weight is 306 g/mol. The first-order valence-corrected chi connectivity index (χ1v) is 7.96. The predicted molar refractivity (Wildman–Crippen MR) is 85.0 cm³/mol. The molecule has 1 aromatic rings. The molecular formula is C18H26O4. The fourth-order valence-corrected chi connectivity index (χ4v) is 2.12. The summed E-state index contributed by atoms with van der Waals surface area (Å²) >= 11 is 0. The van der Waals surface area contributed by atoms with Gasteiger partial charge < -0.3 is 14.2 Å². The number of epoxide rings is 1. The van der Waals surface area contributed by atoms with Gasteiger partial charge in [0.15, 0.2) is 0 Å². The van der Waals surface area contributed by atoms with Gasteiger partial charge in [0.1, 0.15) is 11.4 Å². The fraction of sp³-hybridized carbons (Fsp3) is 0.611. The minimum atomic E-state index is -0.469. The molecular weight excluding hydrogens is 280 g/mol. The molecule has 1 aromatic carbocycles. The number of benzene rings is 1. The number of rotatable bonds is 7. The van der Waals surface area contributed by atoms with Crippen molar-refractivity contribution in [3.63, 3.8) is 0 Å². The van der Waals surface area contributed by atoms with Gasteiger partial charge in [-0.3, -0.25) is 4.79 Å². The van der Waals surface area contributed by atoms with Gasteiger partial charge in [-0.2, -0.15) is 0 Å². The molecule has 0 aliphatic carbocycles. The monoisotopic (exact) mass is 306 g/mol. The zero-order valence-electron chi connectivity index (χ0n) is 14.1. The molecule has 0 N–H and O–H groups in total. The van der Waals surface area contributed by atoms with Crippen LogP contribution in [-0.2, 0) is 19.9 Å². The molecule has 0 radical (unpaired) electrons. The molecule has 4 heteroatoms. The quantitative estimate of drug-likeness (QED) is 0.439. The van der Waals surface area contributed by atoms with Crippen LogP contribution in [0.15, 0.2) is 18.2 Å². The topological polar surface area (TPSA) is 48.1 Å². The lowest BCUT2D eigenvalue weighted by Crippen LogP contribution is -2.23. The molecule has 0 aromatic heterocycles. The molecule has 2 unspecified atom stereocenters. The summed E-state index contributed by atoms with van der Waals surface area (Å²) in [5.41, 5.74) is 1.48. The zero-order chi connectivity index (χ0) is 16.3. The maximum atomic E-state index is 11.9. The second-order valence-electron chi connectivity index (χ2n) is 6.39. The van der Waals surface area contributed by atoms with Crippen LogP contribution in [0.3, 0.4) is 0 Å². The summed E-state index contributed by atoms with van der Waals surface area (Å²) in [7, 11) is 0. The van der Waals surface area contributed by atoms with Gasteiger partial charge in [-0.25, -0.2) is 0 Å². The largest absolute Gasteiger partial charge is 0.426 e. The fourth-order valence-electron chi connectivity index (χ4n) is 2.12. The second kappa shape index (κ2) is 6.80. The van der Waals surface area contributed by atoms with Crippen LogP contribution in [0.25, 0.3) is 0 Å². The minimum Gasteiger partial charge on any atom is -0.426 e. The van der Waals surface area contributed by atoms with E-state index in [2.05, 4.69) is 6.92 Å². The minimum absolute atomic E-state index is 0.166. The highest BCUT2D eigenvalue weighted by atomic mass is 16.6. The van der Waals surface area contributed by atoms with Crippen molar-refractivity contribution in [2.24, 2.45) is 5.92 Å². The third kappa shape index (κ3) is 3.87. The Morgan fingerprint density at radius 3 is 2.59 bits per heavy atom. The summed E-state index contributed by atoms with van der Waals surface area (Å²) in [6.07, 6.45) is 1.15. The summed E-state index contributed by atoms with van der Waals surface area (Å²) in [4.78, 5) is 11.9. The van der Waals surface area contributed by atoms with E-state index in [9.17, 15) is 4.79 Å². The summed E-state index contributed by atoms with van der Waals surface area (Å²) in [5.74, 6) is 0.190. The van der Waals surface area contributed by atoms with Crippen LogP contribution in [0.2, 0.25) is 0 Å². The maximum absolute atomic E-state index is 11.9. The predicted octanol–water partition coefficient (Wildman–Crippen LogP) is 3.60. The summed E-state index contributed by atoms with van der Waals surface area (Å²) in [6.45, 7) is 10.8. The van der Waals surface area contributed by atoms with Gasteiger partial charge >= 0.3 is 5.97 Å². The van der Waals surface area contributed by atoms with Crippen molar-refractivity contribution in [1.82, 2.24) is 0 Å². The van der Waals surface area contributed by atoms with Crippen molar-refractivity contribution in [1.29, 1.82) is 0 Å². The summed E-state index contributed by atoms with van der Waals surface area (Å²) in [6, 6.07) is 5.88. The van der Waals surface area contributed by atoms with E-state index in [0.29, 0.717) is 19.0 Å². The average Bonchev–Trinajstić information content (AvgIpc) is 3.25. The standard InChI is InChI=1S/C18H26O4/c1-6-14(5)20-10-18(11-21-18)15-8-7-13(4)9-16(15)22-17(19)12(2)3/h7-9,12,14H,6,10-11H2,1-5H3. The Morgan fingerprint density at radius 1 is 1.36 bits per heavy atom. The Labute approximate surface area is 132 Å². The molecule has 1 heterocycles. The van der Waals surface area contributed by atoms with E-state index < -0.39 is 5.60 Å². The van der Waals surface area contributed by atoms with E-state index in [4.69, 9.17) is 14.2 Å². The van der Waals surface area contributed by atoms with Crippen molar-refractivity contribution in [3.05, 3.63) is 29.3 Å². The summed E-state index contributed by atoms with van der Waals surface area (Å²) < 4.78 is 17.1. The van der Waals surface area contributed by atoms with E-state index in [1.807, 2.05) is 45.9 Å². The highest BCUT2D eigenvalue weighted by Gasteiger charge is 2.49. The Morgan fingerprint density at radius 2 is 2.05 bits per heavy atom. The Bertz CT molecular complexity index is 532. The van der Waals surface area contributed by atoms with Crippen LogP contribution in [0.1, 0.15) is 45.2 Å². The highest BCUT2D eigenvalue weighted by Crippen LogP contribution is 2.44. The van der Waals surface area contributed by atoms with Gasteiger partial charge in [0, 0.05) is 5.56 Å². The van der Waals surface area contributed by atoms with Crippen molar-refractivity contribution in [2.75, 3.05) is 13.2 Å². The van der Waals surface area contributed by atoms with E-state index in [1.165, 1.54) is 0 Å². The van der Waals surface area contributed by atoms with Crippen molar-refractivity contribution >= 4 is 5.97 Å². The SMILES string of the molecule is CCC(C)OCC1(c2ccc(C)cc2OC(=O)C(C)C)CO1. The number of esters is 1. The Kier molecular flexibility index (Phi) is 5.24. The molecule has 1 saturated heterocycles. The van der Waals surface area contributed by atoms with E-state index in [1.54, 1.807) is 0 Å². The number of hydrogen-bond acceptors (Lipinski definition) is 4. The molecule has 1 aliphatic heterocycles. The number of aryl methyl sites for hydroxylation is 1. The van der Waals surface area contributed by atoms with Crippen LogP contribution in [0.4, 0.5) is 0 Å². The Balaban J connectivity index is 2.21. The molecule has 122 valence electrons. The van der Waals surface area contributed by atoms with Gasteiger partial charge in [-0.05, 0) is 31.9 Å². The number of hydrogen-bond donors (Lipinski definition) is 0. The highest BCUT2D eigenvalue weighted by molar-refractivity contribution is 5.75. The molecule has 22 heavy (non-hydrogen) atoms. The molecule has 1 fully saturated rings. The molecule has 4 nitrogen and oxygen atoms in total. The van der Waals surface area contributed by atoms with Crippen molar-refractivity contribution < 1.29 is 19.0 Å². The molecule has 2 atom stereocenters. The van der Waals surface area contributed by atoms with Crippen LogP contribution >= 0.6 is 0 Å². The number of carbonyl (C=O) groups is 1. The van der Waals surface area contributed by atoms with Gasteiger partial charge in [-0.1, -0.05) is 32.9 Å². The van der Waals surface area contributed by atoms with Crippen LogP contribution in [0.5, 0.6) is 5.75 Å². The molecule has 0 bridgehead atoms. The van der Waals surface area contributed by atoms with Crippen LogP contribution < -0.4 is 4.74 Å². The second-order valence-corrected chi connectivity index (χ2v) is 6.39. The number of ether oxygens (including phenoxy) is 3. The first-order valence-electron chi connectivity index (χ1n) is 7.96. The molecule has 0 spiro atoms. The summed E-state index contributed by atoms with van der Waals surface area (Å²) in [5, 5.41) is 0. The zero-order valence-corrected chi connectivity index (χ0v) is 14.1. The first-order chi connectivity index (χ1) is 10.4. The molecule has 0 amide bonds. The first kappa shape index (κ1) is 17.0. The Hall–Kier alpha value is -1.39. The van der Waals surface area contributed by atoms with E-state index >= 15 is 0 Å². The number of carbonyl (C=O) groups excluding carboxylic acids is 1. The lowest BCUT2D eigenvalue weighted by atomic mass is 9.98. The van der Waals surface area contributed by atoms with Gasteiger partial charge in [0.25, 0.3) is 0 Å². The van der Waals surface area contributed by atoms with Crippen LogP contribution in [-0.4, -0.2) is 25.3 Å². The van der Waals surface area contributed by atoms with Gasteiger partial charge in [0.05, 0.1) is 25.2 Å². The normalized spacial score (nSPS) is 21.7. The van der Waals surface area contributed by atoms with Gasteiger partial charge in [0.2, 0.25) is 0 Å². The third-order valence-corrected chi connectivity index (χ3v) is 3.98. The molecule has 0 saturated carbocycles. The van der Waals surface area contributed by atoms with Crippen LogP contribution in [0, 0.1) is 12.8 Å². The maximum Gasteiger partial charge on any atom is 0.313 e. The van der Waals surface area contributed by atoms with Crippen molar-refractivity contribution in [2.45, 2.75) is 52.7 Å². The third-order valence-electron chi connectivity index (χ3n) is 3.98. The van der Waals surface area contributed by atoms with E-state index in [-0.39, 0.29) is 18.0 Å². The van der Waals surface area contributed by atoms with Gasteiger partial charge in [-0.15, -0.1) is 0 Å².